The number of nitrogens with zero attached hydrogens (tertiary/aromatic N) is 3. The minimum Gasteiger partial charge on any atom is -0.351 e. The van der Waals surface area contributed by atoms with E-state index in [0.717, 1.165) is 31.6 Å². The van der Waals surface area contributed by atoms with Crippen molar-refractivity contribution in [1.29, 1.82) is 0 Å². The zero-order valence-electron chi connectivity index (χ0n) is 17.7. The lowest BCUT2D eigenvalue weighted by Crippen LogP contribution is -2.37. The Labute approximate surface area is 186 Å². The van der Waals surface area contributed by atoms with Gasteiger partial charge in [0.2, 0.25) is 5.82 Å². The zero-order chi connectivity index (χ0) is 21.8. The van der Waals surface area contributed by atoms with Crippen LogP contribution < -0.4 is 5.32 Å². The lowest BCUT2D eigenvalue weighted by molar-refractivity contribution is 0.0947. The van der Waals surface area contributed by atoms with Gasteiger partial charge in [-0.2, -0.15) is 4.98 Å². The van der Waals surface area contributed by atoms with Gasteiger partial charge in [-0.3, -0.25) is 9.69 Å². The Morgan fingerprint density at radius 3 is 2.56 bits per heavy atom. The largest absolute Gasteiger partial charge is 0.351 e. The van der Waals surface area contributed by atoms with Crippen LogP contribution in [0.15, 0.2) is 83.4 Å². The maximum Gasteiger partial charge on any atom is 0.259 e. The quantitative estimate of drug-likeness (QED) is 0.503. The average Bonchev–Trinajstić information content (AvgIpc) is 3.35. The molecule has 0 unspecified atom stereocenters. The van der Waals surface area contributed by atoms with Crippen LogP contribution in [0.4, 0.5) is 0 Å². The monoisotopic (exact) mass is 424 g/mol. The van der Waals surface area contributed by atoms with Gasteiger partial charge in [-0.1, -0.05) is 71.9 Å². The third-order valence-corrected chi connectivity index (χ3v) is 5.78. The van der Waals surface area contributed by atoms with E-state index in [2.05, 4.69) is 44.6 Å². The fraction of sp³-hybridized carbons (Fsp3) is 0.192. The van der Waals surface area contributed by atoms with Crippen LogP contribution in [0.25, 0.3) is 22.8 Å². The Morgan fingerprint density at radius 2 is 1.69 bits per heavy atom. The number of nitrogens with one attached hydrogen (secondary N) is 1. The van der Waals surface area contributed by atoms with Crippen molar-refractivity contribution in [1.82, 2.24) is 20.4 Å². The summed E-state index contributed by atoms with van der Waals surface area (Å²) in [5, 5.41) is 7.13. The molecule has 1 amide bonds. The molecule has 0 spiro atoms. The number of fused-ring (bicyclic) bond motifs is 1. The zero-order valence-corrected chi connectivity index (χ0v) is 17.7. The van der Waals surface area contributed by atoms with Crippen LogP contribution in [-0.4, -0.2) is 40.6 Å². The second-order valence-corrected chi connectivity index (χ2v) is 7.89. The summed E-state index contributed by atoms with van der Waals surface area (Å²) in [7, 11) is 0. The summed E-state index contributed by atoms with van der Waals surface area (Å²) in [6.07, 6.45) is 1.05. The van der Waals surface area contributed by atoms with Gasteiger partial charge in [-0.25, -0.2) is 0 Å². The molecule has 0 radical (unpaired) electrons. The van der Waals surface area contributed by atoms with Crippen LogP contribution in [0.3, 0.4) is 0 Å². The number of hydrogen-bond acceptors (Lipinski definition) is 5. The van der Waals surface area contributed by atoms with Crippen LogP contribution in [0, 0.1) is 0 Å². The number of aromatic nitrogens is 2. The molecule has 6 heteroatoms. The standard InChI is InChI=1S/C26H24N4O2/c31-25(27-15-17-30-16-14-19-8-4-5-11-21(19)18-30)22-12-6-7-13-23(22)26-28-24(29-32-26)20-9-2-1-3-10-20/h1-13H,14-18H2,(H,27,31). The van der Waals surface area contributed by atoms with Gasteiger partial charge in [0.15, 0.2) is 0 Å². The van der Waals surface area contributed by atoms with Crippen molar-refractivity contribution in [2.45, 2.75) is 13.0 Å². The fourth-order valence-corrected chi connectivity index (χ4v) is 4.07. The summed E-state index contributed by atoms with van der Waals surface area (Å²) >= 11 is 0. The number of hydrogen-bond donors (Lipinski definition) is 1. The Bertz CT molecular complexity index is 1220. The third kappa shape index (κ3) is 4.31. The first-order valence-corrected chi connectivity index (χ1v) is 10.8. The van der Waals surface area contributed by atoms with E-state index in [1.165, 1.54) is 11.1 Å². The number of carbonyl (C=O) groups is 1. The predicted molar refractivity (Wildman–Crippen MR) is 123 cm³/mol. The second kappa shape index (κ2) is 9.16. The van der Waals surface area contributed by atoms with Crippen LogP contribution in [0.2, 0.25) is 0 Å². The molecule has 4 aromatic rings. The molecule has 160 valence electrons. The Kier molecular flexibility index (Phi) is 5.77. The SMILES string of the molecule is O=C(NCCN1CCc2ccccc2C1)c1ccccc1-c1nc(-c2ccccc2)no1. The van der Waals surface area contributed by atoms with Gasteiger partial charge in [0.05, 0.1) is 11.1 Å². The van der Waals surface area contributed by atoms with Gasteiger partial charge in [-0.15, -0.1) is 0 Å². The van der Waals surface area contributed by atoms with Crippen LogP contribution >= 0.6 is 0 Å². The third-order valence-electron chi connectivity index (χ3n) is 5.78. The van der Waals surface area contributed by atoms with Gasteiger partial charge >= 0.3 is 0 Å². The summed E-state index contributed by atoms with van der Waals surface area (Å²) in [6.45, 7) is 3.32. The topological polar surface area (TPSA) is 71.3 Å². The van der Waals surface area contributed by atoms with E-state index < -0.39 is 0 Å². The second-order valence-electron chi connectivity index (χ2n) is 7.89. The normalized spacial score (nSPS) is 13.5. The summed E-state index contributed by atoms with van der Waals surface area (Å²) in [5.41, 5.74) is 4.83. The predicted octanol–water partition coefficient (Wildman–Crippen LogP) is 4.19. The molecule has 1 aliphatic heterocycles. The molecular weight excluding hydrogens is 400 g/mol. The molecule has 0 fully saturated rings. The van der Waals surface area contributed by atoms with E-state index in [4.69, 9.17) is 4.52 Å². The molecule has 0 atom stereocenters. The highest BCUT2D eigenvalue weighted by Gasteiger charge is 2.19. The molecule has 6 nitrogen and oxygen atoms in total. The molecule has 1 N–H and O–H groups in total. The van der Waals surface area contributed by atoms with Gasteiger partial charge in [0.25, 0.3) is 11.8 Å². The van der Waals surface area contributed by atoms with Crippen molar-refractivity contribution in [3.63, 3.8) is 0 Å². The van der Waals surface area contributed by atoms with Gasteiger partial charge in [0, 0.05) is 31.7 Å². The summed E-state index contributed by atoms with van der Waals surface area (Å²) in [5.74, 6) is 0.695. The Morgan fingerprint density at radius 1 is 0.938 bits per heavy atom. The van der Waals surface area contributed by atoms with Crippen molar-refractivity contribution in [3.05, 3.63) is 95.6 Å². The molecular formula is C26H24N4O2. The Balaban J connectivity index is 1.24. The summed E-state index contributed by atoms with van der Waals surface area (Å²) in [6, 6.07) is 25.5. The molecule has 0 saturated carbocycles. The minimum absolute atomic E-state index is 0.141. The van der Waals surface area contributed by atoms with Crippen LogP contribution in [-0.2, 0) is 13.0 Å². The highest BCUT2D eigenvalue weighted by Crippen LogP contribution is 2.25. The molecule has 2 heterocycles. The van der Waals surface area contributed by atoms with E-state index in [-0.39, 0.29) is 5.91 Å². The maximum absolute atomic E-state index is 12.9. The van der Waals surface area contributed by atoms with Gasteiger partial charge in [-0.05, 0) is 29.7 Å². The molecule has 0 bridgehead atoms. The van der Waals surface area contributed by atoms with E-state index in [1.54, 1.807) is 6.07 Å². The summed E-state index contributed by atoms with van der Waals surface area (Å²) in [4.78, 5) is 19.8. The summed E-state index contributed by atoms with van der Waals surface area (Å²) < 4.78 is 5.48. The van der Waals surface area contributed by atoms with Gasteiger partial charge in [0.1, 0.15) is 0 Å². The van der Waals surface area contributed by atoms with Crippen molar-refractivity contribution >= 4 is 5.91 Å². The lowest BCUT2D eigenvalue weighted by Gasteiger charge is -2.28. The van der Waals surface area contributed by atoms with Crippen LogP contribution in [0.5, 0.6) is 0 Å². The molecule has 5 rings (SSSR count). The first-order valence-electron chi connectivity index (χ1n) is 10.8. The molecule has 32 heavy (non-hydrogen) atoms. The highest BCUT2D eigenvalue weighted by molar-refractivity contribution is 6.00. The van der Waals surface area contributed by atoms with Gasteiger partial charge < -0.3 is 9.84 Å². The van der Waals surface area contributed by atoms with Crippen molar-refractivity contribution in [2.75, 3.05) is 19.6 Å². The Hall–Kier alpha value is -3.77. The first kappa shape index (κ1) is 20.2. The maximum atomic E-state index is 12.9. The fourth-order valence-electron chi connectivity index (χ4n) is 4.07. The lowest BCUT2D eigenvalue weighted by atomic mass is 10.00. The molecule has 1 aromatic heterocycles. The molecule has 3 aromatic carbocycles. The molecule has 0 saturated heterocycles. The van der Waals surface area contributed by atoms with E-state index in [9.17, 15) is 4.79 Å². The number of carbonyl (C=O) groups excluding carboxylic acids is 1. The van der Waals surface area contributed by atoms with Crippen molar-refractivity contribution < 1.29 is 9.32 Å². The molecule has 1 aliphatic rings. The average molecular weight is 425 g/mol. The van der Waals surface area contributed by atoms with E-state index in [1.807, 2.05) is 48.5 Å². The van der Waals surface area contributed by atoms with Crippen molar-refractivity contribution in [2.24, 2.45) is 0 Å². The smallest absolute Gasteiger partial charge is 0.259 e. The minimum atomic E-state index is -0.141. The van der Waals surface area contributed by atoms with E-state index >= 15 is 0 Å². The van der Waals surface area contributed by atoms with E-state index in [0.29, 0.717) is 29.4 Å². The number of benzene rings is 3. The first-order chi connectivity index (χ1) is 15.8. The van der Waals surface area contributed by atoms with Crippen molar-refractivity contribution in [3.8, 4) is 22.8 Å². The molecule has 0 aliphatic carbocycles. The number of rotatable bonds is 6. The highest BCUT2D eigenvalue weighted by atomic mass is 16.5. The number of amides is 1. The van der Waals surface area contributed by atoms with Crippen LogP contribution in [0.1, 0.15) is 21.5 Å².